The third kappa shape index (κ3) is 4.62. The topological polar surface area (TPSA) is 84.2 Å². The molecule has 9 heteroatoms. The number of amides is 1. The predicted molar refractivity (Wildman–Crippen MR) is 88.2 cm³/mol. The van der Waals surface area contributed by atoms with Crippen LogP contribution >= 0.6 is 0 Å². The number of alkyl halides is 3. The van der Waals surface area contributed by atoms with Crippen molar-refractivity contribution in [3.05, 3.63) is 46.3 Å². The van der Waals surface area contributed by atoms with E-state index < -0.39 is 24.6 Å². The maximum Gasteiger partial charge on any atom is 0.408 e. The molecule has 26 heavy (non-hydrogen) atoms. The van der Waals surface area contributed by atoms with Gasteiger partial charge in [0.15, 0.2) is 0 Å². The molecule has 0 bridgehead atoms. The van der Waals surface area contributed by atoms with Crippen LogP contribution in [0.15, 0.2) is 18.2 Å². The lowest BCUT2D eigenvalue weighted by Gasteiger charge is -2.09. The highest BCUT2D eigenvalue weighted by Gasteiger charge is 2.30. The number of halogens is 3. The molecule has 6 nitrogen and oxygen atoms in total. The van der Waals surface area contributed by atoms with E-state index in [1.54, 1.807) is 19.1 Å². The number of hydrogen-bond acceptors (Lipinski definition) is 3. The zero-order valence-corrected chi connectivity index (χ0v) is 14.4. The van der Waals surface area contributed by atoms with E-state index in [1.165, 1.54) is 19.9 Å². The van der Waals surface area contributed by atoms with Gasteiger partial charge in [-0.25, -0.2) is 4.79 Å². The molecule has 0 fully saturated rings. The lowest BCUT2D eigenvalue weighted by Crippen LogP contribution is -2.20. The molecule has 2 rings (SSSR count). The maximum atomic E-state index is 12.6. The van der Waals surface area contributed by atoms with Crippen molar-refractivity contribution in [2.45, 2.75) is 39.9 Å². The van der Waals surface area contributed by atoms with Gasteiger partial charge in [-0.1, -0.05) is 6.07 Å². The number of hydrogen-bond donors (Lipinski definition) is 2. The average molecular weight is 369 g/mol. The second kappa shape index (κ2) is 7.19. The van der Waals surface area contributed by atoms with E-state index in [4.69, 9.17) is 5.11 Å². The summed E-state index contributed by atoms with van der Waals surface area (Å²) >= 11 is 0. The Balaban J connectivity index is 2.16. The number of anilines is 1. The van der Waals surface area contributed by atoms with Gasteiger partial charge < -0.3 is 10.4 Å². The molecule has 0 aliphatic heterocycles. The number of nitrogens with zero attached hydrogens (tertiary/aromatic N) is 2. The fourth-order valence-electron chi connectivity index (χ4n) is 2.61. The van der Waals surface area contributed by atoms with Crippen molar-refractivity contribution < 1.29 is 27.9 Å². The van der Waals surface area contributed by atoms with E-state index in [0.717, 1.165) is 4.68 Å². The summed E-state index contributed by atoms with van der Waals surface area (Å²) in [5, 5.41) is 15.5. The lowest BCUT2D eigenvalue weighted by molar-refractivity contribution is -0.143. The second-order valence-corrected chi connectivity index (χ2v) is 5.98. The van der Waals surface area contributed by atoms with Gasteiger partial charge in [0.25, 0.3) is 0 Å². The van der Waals surface area contributed by atoms with Gasteiger partial charge in [0.05, 0.1) is 17.7 Å². The third-order valence-corrected chi connectivity index (χ3v) is 3.95. The Morgan fingerprint density at radius 1 is 1.23 bits per heavy atom. The Kier molecular flexibility index (Phi) is 5.38. The molecule has 2 aromatic rings. The number of aromatic nitrogens is 2. The first-order chi connectivity index (χ1) is 12.0. The zero-order valence-electron chi connectivity index (χ0n) is 14.4. The van der Waals surface area contributed by atoms with Crippen LogP contribution in [-0.4, -0.2) is 32.9 Å². The van der Waals surface area contributed by atoms with Gasteiger partial charge in [0.2, 0.25) is 5.91 Å². The summed E-state index contributed by atoms with van der Waals surface area (Å²) in [6, 6.07) is 4.46. The fraction of sp³-hybridized carbons (Fsp3) is 0.353. The molecule has 0 saturated carbocycles. The standard InChI is InChI=1S/C17H18F3N3O3/c1-9-4-5-12(6-13(9)16(25)26)21-15(24)7-14-10(2)22-23(11(14)3)8-17(18,19)20/h4-6H,7-8H2,1-3H3,(H,21,24)(H,25,26). The molecular weight excluding hydrogens is 351 g/mol. The Morgan fingerprint density at radius 2 is 1.88 bits per heavy atom. The Bertz CT molecular complexity index is 857. The SMILES string of the molecule is Cc1ccc(NC(=O)Cc2c(C)nn(CC(F)(F)F)c2C)cc1C(=O)O. The van der Waals surface area contributed by atoms with Crippen LogP contribution in [0.4, 0.5) is 18.9 Å². The minimum atomic E-state index is -4.40. The molecule has 1 aromatic carbocycles. The molecule has 0 spiro atoms. The van der Waals surface area contributed by atoms with Gasteiger partial charge in [-0.3, -0.25) is 9.48 Å². The molecule has 1 heterocycles. The molecule has 1 aromatic heterocycles. The summed E-state index contributed by atoms with van der Waals surface area (Å²) in [6.45, 7) is 3.43. The minimum absolute atomic E-state index is 0.0631. The Morgan fingerprint density at radius 3 is 2.46 bits per heavy atom. The second-order valence-electron chi connectivity index (χ2n) is 5.98. The molecule has 0 aliphatic rings. The van der Waals surface area contributed by atoms with E-state index >= 15 is 0 Å². The molecule has 0 aliphatic carbocycles. The van der Waals surface area contributed by atoms with Gasteiger partial charge in [-0.2, -0.15) is 18.3 Å². The van der Waals surface area contributed by atoms with Crippen molar-refractivity contribution in [2.75, 3.05) is 5.32 Å². The molecule has 140 valence electrons. The van der Waals surface area contributed by atoms with Crippen LogP contribution in [-0.2, 0) is 17.8 Å². The summed E-state index contributed by atoms with van der Waals surface area (Å²) in [5.74, 6) is -1.58. The number of carboxylic acid groups (broad SMARTS) is 1. The normalized spacial score (nSPS) is 11.5. The highest BCUT2D eigenvalue weighted by molar-refractivity contribution is 5.95. The summed E-state index contributed by atoms with van der Waals surface area (Å²) in [7, 11) is 0. The first-order valence-electron chi connectivity index (χ1n) is 7.71. The molecule has 0 saturated heterocycles. The van der Waals surface area contributed by atoms with Crippen LogP contribution in [0.3, 0.4) is 0 Å². The number of benzene rings is 1. The van der Waals surface area contributed by atoms with Crippen molar-refractivity contribution in [3.63, 3.8) is 0 Å². The molecule has 0 unspecified atom stereocenters. The van der Waals surface area contributed by atoms with Gasteiger partial charge in [-0.15, -0.1) is 0 Å². The number of rotatable bonds is 5. The number of carboxylic acids is 1. The fourth-order valence-corrected chi connectivity index (χ4v) is 2.61. The molecule has 2 N–H and O–H groups in total. The summed E-state index contributed by atoms with van der Waals surface area (Å²) in [6.07, 6.45) is -4.57. The van der Waals surface area contributed by atoms with Gasteiger partial charge >= 0.3 is 12.1 Å². The number of carbonyl (C=O) groups excluding carboxylic acids is 1. The molecular formula is C17H18F3N3O3. The summed E-state index contributed by atoms with van der Waals surface area (Å²) in [4.78, 5) is 23.4. The number of nitrogens with one attached hydrogen (secondary N) is 1. The zero-order chi connectivity index (χ0) is 19.6. The van der Waals surface area contributed by atoms with E-state index in [9.17, 15) is 22.8 Å². The van der Waals surface area contributed by atoms with E-state index in [1.807, 2.05) is 0 Å². The van der Waals surface area contributed by atoms with Crippen LogP contribution in [0, 0.1) is 20.8 Å². The quantitative estimate of drug-likeness (QED) is 0.847. The Labute approximate surface area is 147 Å². The third-order valence-electron chi connectivity index (χ3n) is 3.95. The monoisotopic (exact) mass is 369 g/mol. The van der Waals surface area contributed by atoms with Crippen molar-refractivity contribution in [1.29, 1.82) is 0 Å². The van der Waals surface area contributed by atoms with Crippen LogP contribution in [0.25, 0.3) is 0 Å². The number of aryl methyl sites for hydroxylation is 2. The van der Waals surface area contributed by atoms with Crippen molar-refractivity contribution in [3.8, 4) is 0 Å². The molecule has 0 radical (unpaired) electrons. The van der Waals surface area contributed by atoms with Gasteiger partial charge in [0, 0.05) is 16.9 Å². The largest absolute Gasteiger partial charge is 0.478 e. The predicted octanol–water partition coefficient (Wildman–Crippen LogP) is 3.25. The van der Waals surface area contributed by atoms with Gasteiger partial charge in [0.1, 0.15) is 6.54 Å². The van der Waals surface area contributed by atoms with Crippen LogP contribution in [0.5, 0.6) is 0 Å². The van der Waals surface area contributed by atoms with E-state index in [-0.39, 0.29) is 17.7 Å². The smallest absolute Gasteiger partial charge is 0.408 e. The van der Waals surface area contributed by atoms with Crippen molar-refractivity contribution >= 4 is 17.6 Å². The Hall–Kier alpha value is -2.84. The highest BCUT2D eigenvalue weighted by atomic mass is 19.4. The van der Waals surface area contributed by atoms with Crippen LogP contribution in [0.2, 0.25) is 0 Å². The summed E-state index contributed by atoms with van der Waals surface area (Å²) < 4.78 is 38.5. The highest BCUT2D eigenvalue weighted by Crippen LogP contribution is 2.22. The van der Waals surface area contributed by atoms with Crippen LogP contribution in [0.1, 0.15) is 32.9 Å². The average Bonchev–Trinajstić information content (AvgIpc) is 2.74. The van der Waals surface area contributed by atoms with E-state index in [0.29, 0.717) is 22.5 Å². The maximum absolute atomic E-state index is 12.6. The lowest BCUT2D eigenvalue weighted by atomic mass is 10.1. The number of aromatic carboxylic acids is 1. The van der Waals surface area contributed by atoms with Crippen molar-refractivity contribution in [1.82, 2.24) is 9.78 Å². The van der Waals surface area contributed by atoms with Crippen molar-refractivity contribution in [2.24, 2.45) is 0 Å². The molecule has 0 atom stereocenters. The summed E-state index contributed by atoms with van der Waals surface area (Å²) in [5.41, 5.74) is 1.94. The first-order valence-corrected chi connectivity index (χ1v) is 7.71. The van der Waals surface area contributed by atoms with Crippen LogP contribution < -0.4 is 5.32 Å². The van der Waals surface area contributed by atoms with E-state index in [2.05, 4.69) is 10.4 Å². The van der Waals surface area contributed by atoms with Gasteiger partial charge in [-0.05, 0) is 38.5 Å². The molecule has 1 amide bonds. The first kappa shape index (κ1) is 19.5. The minimum Gasteiger partial charge on any atom is -0.478 e. The number of carbonyl (C=O) groups is 2.